The van der Waals surface area contributed by atoms with Crippen LogP contribution in [0.3, 0.4) is 0 Å². The van der Waals surface area contributed by atoms with Crippen LogP contribution in [-0.2, 0) is 0 Å². The van der Waals surface area contributed by atoms with E-state index in [1.807, 2.05) is 0 Å². The van der Waals surface area contributed by atoms with Crippen molar-refractivity contribution in [1.82, 2.24) is 0 Å². The van der Waals surface area contributed by atoms with Crippen molar-refractivity contribution in [1.29, 1.82) is 0 Å². The summed E-state index contributed by atoms with van der Waals surface area (Å²) in [6.45, 7) is 12.0. The topological polar surface area (TPSA) is 0 Å². The minimum atomic E-state index is 0.542. The highest BCUT2D eigenvalue weighted by Gasteiger charge is 2.30. The van der Waals surface area contributed by atoms with E-state index in [4.69, 9.17) is 0 Å². The lowest BCUT2D eigenvalue weighted by atomic mass is 9.67. The summed E-state index contributed by atoms with van der Waals surface area (Å²) in [6, 6.07) is 0. The van der Waals surface area contributed by atoms with E-state index < -0.39 is 0 Å². The van der Waals surface area contributed by atoms with Crippen LogP contribution in [0.2, 0.25) is 0 Å². The SMILES string of the molecule is CCC(C)C1CCC(C(C)(C)C)CC1. The van der Waals surface area contributed by atoms with Crippen LogP contribution in [0.4, 0.5) is 0 Å². The van der Waals surface area contributed by atoms with Crippen LogP contribution in [0.5, 0.6) is 0 Å². The molecule has 1 saturated carbocycles. The summed E-state index contributed by atoms with van der Waals surface area (Å²) >= 11 is 0. The van der Waals surface area contributed by atoms with Crippen LogP contribution in [-0.4, -0.2) is 0 Å². The molecule has 1 rings (SSSR count). The van der Waals surface area contributed by atoms with E-state index in [-0.39, 0.29) is 0 Å². The Balaban J connectivity index is 2.39. The summed E-state index contributed by atoms with van der Waals surface area (Å²) in [6.07, 6.45) is 7.27. The van der Waals surface area contributed by atoms with Crippen molar-refractivity contribution in [2.24, 2.45) is 23.2 Å². The standard InChI is InChI=1S/C14H28/c1-6-11(2)12-7-9-13(10-8-12)14(3,4)5/h11-13H,6-10H2,1-5H3. The normalized spacial score (nSPS) is 31.5. The van der Waals surface area contributed by atoms with Crippen LogP contribution in [0, 0.1) is 23.2 Å². The third kappa shape index (κ3) is 3.00. The quantitative estimate of drug-likeness (QED) is 0.590. The second kappa shape index (κ2) is 4.68. The molecule has 0 aromatic rings. The molecule has 0 spiro atoms. The van der Waals surface area contributed by atoms with Crippen molar-refractivity contribution in [3.63, 3.8) is 0 Å². The van der Waals surface area contributed by atoms with Crippen LogP contribution >= 0.6 is 0 Å². The zero-order valence-corrected chi connectivity index (χ0v) is 10.8. The van der Waals surface area contributed by atoms with E-state index >= 15 is 0 Å². The van der Waals surface area contributed by atoms with Gasteiger partial charge in [0.1, 0.15) is 0 Å². The Morgan fingerprint density at radius 2 is 1.57 bits per heavy atom. The zero-order chi connectivity index (χ0) is 10.8. The molecule has 0 bridgehead atoms. The van der Waals surface area contributed by atoms with Gasteiger partial charge in [0.05, 0.1) is 0 Å². The summed E-state index contributed by atoms with van der Waals surface area (Å²) in [5.41, 5.74) is 0.542. The lowest BCUT2D eigenvalue weighted by molar-refractivity contribution is 0.127. The average Bonchev–Trinajstić information content (AvgIpc) is 2.15. The Hall–Kier alpha value is 0. The molecule has 0 aliphatic heterocycles. The van der Waals surface area contributed by atoms with E-state index in [1.165, 1.54) is 32.1 Å². The van der Waals surface area contributed by atoms with Gasteiger partial charge in [-0.2, -0.15) is 0 Å². The van der Waals surface area contributed by atoms with Gasteiger partial charge in [-0.25, -0.2) is 0 Å². The van der Waals surface area contributed by atoms with E-state index in [0.29, 0.717) is 5.41 Å². The second-order valence-corrected chi connectivity index (χ2v) is 6.36. The number of hydrogen-bond acceptors (Lipinski definition) is 0. The van der Waals surface area contributed by atoms with Gasteiger partial charge in [0.15, 0.2) is 0 Å². The Labute approximate surface area is 90.5 Å². The van der Waals surface area contributed by atoms with Crippen LogP contribution in [0.25, 0.3) is 0 Å². The maximum atomic E-state index is 2.43. The minimum absolute atomic E-state index is 0.542. The van der Waals surface area contributed by atoms with E-state index in [2.05, 4.69) is 34.6 Å². The van der Waals surface area contributed by atoms with Gasteiger partial charge in [-0.05, 0) is 48.9 Å². The molecule has 0 aromatic carbocycles. The number of rotatable bonds is 2. The molecule has 0 heteroatoms. The molecule has 0 N–H and O–H groups in total. The maximum Gasteiger partial charge on any atom is -0.0354 e. The van der Waals surface area contributed by atoms with Crippen molar-refractivity contribution in [3.05, 3.63) is 0 Å². The third-order valence-electron chi connectivity index (χ3n) is 4.45. The van der Waals surface area contributed by atoms with Crippen LogP contribution < -0.4 is 0 Å². The molecule has 1 unspecified atom stereocenters. The molecule has 1 atom stereocenters. The Morgan fingerprint density at radius 3 is 1.93 bits per heavy atom. The summed E-state index contributed by atoms with van der Waals surface area (Å²) in [5, 5.41) is 0. The van der Waals surface area contributed by atoms with E-state index in [9.17, 15) is 0 Å². The smallest absolute Gasteiger partial charge is 0.0354 e. The highest BCUT2D eigenvalue weighted by atomic mass is 14.4. The molecule has 1 aliphatic rings. The lowest BCUT2D eigenvalue weighted by Gasteiger charge is -2.38. The van der Waals surface area contributed by atoms with Gasteiger partial charge >= 0.3 is 0 Å². The van der Waals surface area contributed by atoms with Gasteiger partial charge < -0.3 is 0 Å². The van der Waals surface area contributed by atoms with Crippen molar-refractivity contribution in [2.45, 2.75) is 66.7 Å². The maximum absolute atomic E-state index is 2.43. The van der Waals surface area contributed by atoms with Crippen molar-refractivity contribution < 1.29 is 0 Å². The molecule has 0 heterocycles. The van der Waals surface area contributed by atoms with Gasteiger partial charge in [0.2, 0.25) is 0 Å². The Bertz CT molecular complexity index is 155. The van der Waals surface area contributed by atoms with Gasteiger partial charge in [0, 0.05) is 0 Å². The first-order chi connectivity index (χ1) is 6.45. The van der Waals surface area contributed by atoms with Crippen molar-refractivity contribution >= 4 is 0 Å². The largest absolute Gasteiger partial charge is 0.0651 e. The van der Waals surface area contributed by atoms with Gasteiger partial charge in [-0.1, -0.05) is 41.0 Å². The first kappa shape index (κ1) is 12.1. The minimum Gasteiger partial charge on any atom is -0.0651 e. The molecule has 1 fully saturated rings. The number of hydrogen-bond donors (Lipinski definition) is 0. The predicted octanol–water partition coefficient (Wildman–Crippen LogP) is 4.89. The zero-order valence-electron chi connectivity index (χ0n) is 10.8. The van der Waals surface area contributed by atoms with E-state index in [0.717, 1.165) is 17.8 Å². The molecule has 0 radical (unpaired) electrons. The van der Waals surface area contributed by atoms with Crippen molar-refractivity contribution in [2.75, 3.05) is 0 Å². The van der Waals surface area contributed by atoms with Crippen LogP contribution in [0.15, 0.2) is 0 Å². The first-order valence-corrected chi connectivity index (χ1v) is 6.45. The Morgan fingerprint density at radius 1 is 1.07 bits per heavy atom. The molecular weight excluding hydrogens is 168 g/mol. The van der Waals surface area contributed by atoms with Gasteiger partial charge in [-0.3, -0.25) is 0 Å². The Kier molecular flexibility index (Phi) is 4.04. The fourth-order valence-corrected chi connectivity index (χ4v) is 2.89. The molecular formula is C14H28. The van der Waals surface area contributed by atoms with Gasteiger partial charge in [-0.15, -0.1) is 0 Å². The monoisotopic (exact) mass is 196 g/mol. The molecule has 1 aliphatic carbocycles. The highest BCUT2D eigenvalue weighted by molar-refractivity contribution is 4.81. The molecule has 0 nitrogen and oxygen atoms in total. The molecule has 0 amide bonds. The van der Waals surface area contributed by atoms with Crippen molar-refractivity contribution in [3.8, 4) is 0 Å². The molecule has 0 saturated heterocycles. The summed E-state index contributed by atoms with van der Waals surface area (Å²) in [7, 11) is 0. The van der Waals surface area contributed by atoms with Gasteiger partial charge in [0.25, 0.3) is 0 Å². The fraction of sp³-hybridized carbons (Fsp3) is 1.00. The van der Waals surface area contributed by atoms with Crippen LogP contribution in [0.1, 0.15) is 66.7 Å². The molecule has 84 valence electrons. The molecule has 14 heavy (non-hydrogen) atoms. The highest BCUT2D eigenvalue weighted by Crippen LogP contribution is 2.42. The summed E-state index contributed by atoms with van der Waals surface area (Å²) in [4.78, 5) is 0. The lowest BCUT2D eigenvalue weighted by Crippen LogP contribution is -2.27. The van der Waals surface area contributed by atoms with E-state index in [1.54, 1.807) is 0 Å². The average molecular weight is 196 g/mol. The summed E-state index contributed by atoms with van der Waals surface area (Å²) in [5.74, 6) is 2.96. The first-order valence-electron chi connectivity index (χ1n) is 6.45. The summed E-state index contributed by atoms with van der Waals surface area (Å²) < 4.78 is 0. The molecule has 0 aromatic heterocycles. The fourth-order valence-electron chi connectivity index (χ4n) is 2.89. The third-order valence-corrected chi connectivity index (χ3v) is 4.45. The second-order valence-electron chi connectivity index (χ2n) is 6.36. The predicted molar refractivity (Wildman–Crippen MR) is 64.4 cm³/mol.